The summed E-state index contributed by atoms with van der Waals surface area (Å²) >= 11 is 0. The SMILES string of the molecule is COc1cc(C=C(C(=O)c2ccc(N)c(N(C)C)c2)C(C)C)cc2c1OCCO2. The zero-order valence-electron chi connectivity index (χ0n) is 17.6. The van der Waals surface area contributed by atoms with Crippen LogP contribution in [0.15, 0.2) is 35.9 Å². The Morgan fingerprint density at radius 2 is 1.90 bits per heavy atom. The van der Waals surface area contributed by atoms with Crippen molar-refractivity contribution in [1.82, 2.24) is 0 Å². The van der Waals surface area contributed by atoms with Crippen LogP contribution in [0.25, 0.3) is 6.08 Å². The van der Waals surface area contributed by atoms with E-state index in [1.165, 1.54) is 0 Å². The van der Waals surface area contributed by atoms with E-state index in [1.54, 1.807) is 19.2 Å². The van der Waals surface area contributed by atoms with E-state index in [1.807, 2.05) is 57.1 Å². The van der Waals surface area contributed by atoms with Crippen molar-refractivity contribution in [2.75, 3.05) is 45.1 Å². The fourth-order valence-corrected chi connectivity index (χ4v) is 3.29. The summed E-state index contributed by atoms with van der Waals surface area (Å²) in [4.78, 5) is 15.2. The number of hydrogen-bond donors (Lipinski definition) is 1. The van der Waals surface area contributed by atoms with Gasteiger partial charge in [-0.3, -0.25) is 4.79 Å². The van der Waals surface area contributed by atoms with Crippen LogP contribution in [-0.2, 0) is 0 Å². The fraction of sp³-hybridized carbons (Fsp3) is 0.348. The van der Waals surface area contributed by atoms with Crippen molar-refractivity contribution in [3.05, 3.63) is 47.0 Å². The lowest BCUT2D eigenvalue weighted by molar-refractivity contribution is 0.102. The number of nitrogen functional groups attached to an aromatic ring is 1. The molecule has 0 amide bonds. The van der Waals surface area contributed by atoms with Gasteiger partial charge in [0.1, 0.15) is 13.2 Å². The van der Waals surface area contributed by atoms with Gasteiger partial charge < -0.3 is 24.8 Å². The maximum Gasteiger partial charge on any atom is 0.203 e. The topological polar surface area (TPSA) is 74.0 Å². The third-order valence-electron chi connectivity index (χ3n) is 4.83. The van der Waals surface area contributed by atoms with Crippen molar-refractivity contribution in [2.45, 2.75) is 13.8 Å². The molecule has 0 bridgehead atoms. The van der Waals surface area contributed by atoms with Crippen molar-refractivity contribution in [3.8, 4) is 17.2 Å². The van der Waals surface area contributed by atoms with Gasteiger partial charge in [-0.2, -0.15) is 0 Å². The van der Waals surface area contributed by atoms with Crippen LogP contribution in [0, 0.1) is 5.92 Å². The highest BCUT2D eigenvalue weighted by Crippen LogP contribution is 2.41. The third-order valence-corrected chi connectivity index (χ3v) is 4.83. The Balaban J connectivity index is 2.03. The molecule has 2 N–H and O–H groups in total. The van der Waals surface area contributed by atoms with Crippen LogP contribution < -0.4 is 24.8 Å². The Labute approximate surface area is 171 Å². The predicted octanol–water partition coefficient (Wildman–Crippen LogP) is 4.04. The van der Waals surface area contributed by atoms with Gasteiger partial charge in [0.2, 0.25) is 5.75 Å². The molecule has 0 aliphatic carbocycles. The Bertz CT molecular complexity index is 931. The number of nitrogens with zero attached hydrogens (tertiary/aromatic N) is 1. The normalized spacial score (nSPS) is 13.4. The second-order valence-electron chi connectivity index (χ2n) is 7.50. The first-order valence-electron chi connectivity index (χ1n) is 9.62. The molecule has 1 heterocycles. The van der Waals surface area contributed by atoms with Gasteiger partial charge >= 0.3 is 0 Å². The minimum atomic E-state index is -0.0306. The second-order valence-corrected chi connectivity index (χ2v) is 7.50. The number of carbonyl (C=O) groups is 1. The lowest BCUT2D eigenvalue weighted by Crippen LogP contribution is -2.16. The van der Waals surface area contributed by atoms with Gasteiger partial charge in [-0.15, -0.1) is 0 Å². The van der Waals surface area contributed by atoms with E-state index in [9.17, 15) is 4.79 Å². The molecule has 0 saturated heterocycles. The number of ketones is 1. The van der Waals surface area contributed by atoms with Gasteiger partial charge in [0.15, 0.2) is 17.3 Å². The largest absolute Gasteiger partial charge is 0.493 e. The third kappa shape index (κ3) is 4.31. The zero-order chi connectivity index (χ0) is 21.1. The minimum absolute atomic E-state index is 0.0297. The molecule has 0 spiro atoms. The van der Waals surface area contributed by atoms with Crippen LogP contribution >= 0.6 is 0 Å². The predicted molar refractivity (Wildman–Crippen MR) is 116 cm³/mol. The average Bonchev–Trinajstić information content (AvgIpc) is 2.70. The van der Waals surface area contributed by atoms with Crippen molar-refractivity contribution in [2.24, 2.45) is 5.92 Å². The van der Waals surface area contributed by atoms with Gasteiger partial charge in [-0.05, 0) is 47.9 Å². The Morgan fingerprint density at radius 3 is 2.55 bits per heavy atom. The van der Waals surface area contributed by atoms with Crippen LogP contribution in [0.3, 0.4) is 0 Å². The summed E-state index contributed by atoms with van der Waals surface area (Å²) in [6.07, 6.45) is 1.89. The van der Waals surface area contributed by atoms with Crippen LogP contribution in [0.4, 0.5) is 11.4 Å². The van der Waals surface area contributed by atoms with Crippen molar-refractivity contribution in [3.63, 3.8) is 0 Å². The standard InChI is InChI=1S/C23H28N2O4/c1-14(2)17(22(26)16-6-7-18(24)19(13-16)25(3)4)10-15-11-20(27-5)23-21(12-15)28-8-9-29-23/h6-7,10-14H,8-9,24H2,1-5H3. The van der Waals surface area contributed by atoms with E-state index in [0.717, 1.165) is 11.3 Å². The summed E-state index contributed by atoms with van der Waals surface area (Å²) in [5, 5.41) is 0. The van der Waals surface area contributed by atoms with Crippen molar-refractivity contribution < 1.29 is 19.0 Å². The number of rotatable bonds is 6. The number of allylic oxidation sites excluding steroid dienone is 1. The Morgan fingerprint density at radius 1 is 1.17 bits per heavy atom. The molecule has 0 aromatic heterocycles. The molecule has 0 fully saturated rings. The molecule has 1 aliphatic rings. The molecule has 6 nitrogen and oxygen atoms in total. The van der Waals surface area contributed by atoms with Gasteiger partial charge in [0, 0.05) is 25.2 Å². The lowest BCUT2D eigenvalue weighted by Gasteiger charge is -2.21. The number of fused-ring (bicyclic) bond motifs is 1. The molecular formula is C23H28N2O4. The molecule has 0 radical (unpaired) electrons. The number of anilines is 2. The second kappa shape index (κ2) is 8.47. The highest BCUT2D eigenvalue weighted by atomic mass is 16.6. The van der Waals surface area contributed by atoms with Crippen LogP contribution in [-0.4, -0.2) is 40.2 Å². The maximum absolute atomic E-state index is 13.3. The summed E-state index contributed by atoms with van der Waals surface area (Å²) in [7, 11) is 5.40. The minimum Gasteiger partial charge on any atom is -0.493 e. The van der Waals surface area contributed by atoms with Gasteiger partial charge in [-0.25, -0.2) is 0 Å². The number of nitrogens with two attached hydrogens (primary N) is 1. The van der Waals surface area contributed by atoms with E-state index < -0.39 is 0 Å². The molecule has 6 heteroatoms. The molecule has 154 valence electrons. The van der Waals surface area contributed by atoms with Crippen LogP contribution in [0.1, 0.15) is 29.8 Å². The van der Waals surface area contributed by atoms with Crippen molar-refractivity contribution >= 4 is 23.2 Å². The summed E-state index contributed by atoms with van der Waals surface area (Å²) in [5.74, 6) is 1.81. The molecule has 0 unspecified atom stereocenters. The highest BCUT2D eigenvalue weighted by molar-refractivity contribution is 6.12. The smallest absolute Gasteiger partial charge is 0.203 e. The van der Waals surface area contributed by atoms with Crippen LogP contribution in [0.2, 0.25) is 0 Å². The number of carbonyl (C=O) groups excluding carboxylic acids is 1. The first kappa shape index (κ1) is 20.6. The first-order chi connectivity index (χ1) is 13.8. The van der Waals surface area contributed by atoms with E-state index in [2.05, 4.69) is 0 Å². The molecule has 2 aromatic rings. The summed E-state index contributed by atoms with van der Waals surface area (Å²) < 4.78 is 16.8. The zero-order valence-corrected chi connectivity index (χ0v) is 17.6. The molecule has 29 heavy (non-hydrogen) atoms. The van der Waals surface area contributed by atoms with Gasteiger partial charge in [0.25, 0.3) is 0 Å². The molecule has 0 atom stereocenters. The number of ether oxygens (including phenoxy) is 3. The van der Waals surface area contributed by atoms with Crippen molar-refractivity contribution in [1.29, 1.82) is 0 Å². The fourth-order valence-electron chi connectivity index (χ4n) is 3.29. The number of benzene rings is 2. The van der Waals surface area contributed by atoms with E-state index >= 15 is 0 Å². The molecule has 2 aromatic carbocycles. The monoisotopic (exact) mass is 396 g/mol. The summed E-state index contributed by atoms with van der Waals surface area (Å²) in [6, 6.07) is 9.11. The maximum atomic E-state index is 13.3. The number of Topliss-reactive ketones (excluding diaryl/α,β-unsaturated/α-hetero) is 1. The Hall–Kier alpha value is -3.15. The van der Waals surface area contributed by atoms with Crippen LogP contribution in [0.5, 0.6) is 17.2 Å². The van der Waals surface area contributed by atoms with Gasteiger partial charge in [-0.1, -0.05) is 13.8 Å². The molecular weight excluding hydrogens is 368 g/mol. The van der Waals surface area contributed by atoms with Gasteiger partial charge in [0.05, 0.1) is 18.5 Å². The molecule has 0 saturated carbocycles. The number of hydrogen-bond acceptors (Lipinski definition) is 6. The quantitative estimate of drug-likeness (QED) is 0.451. The molecule has 3 rings (SSSR count). The lowest BCUT2D eigenvalue weighted by atomic mass is 9.92. The summed E-state index contributed by atoms with van der Waals surface area (Å²) in [5.41, 5.74) is 9.62. The van der Waals surface area contributed by atoms with E-state index in [4.69, 9.17) is 19.9 Å². The van der Waals surface area contributed by atoms with E-state index in [0.29, 0.717) is 47.3 Å². The van der Waals surface area contributed by atoms with E-state index in [-0.39, 0.29) is 11.7 Å². The average molecular weight is 396 g/mol. The highest BCUT2D eigenvalue weighted by Gasteiger charge is 2.21. The Kier molecular flexibility index (Phi) is 6.01. The number of methoxy groups -OCH3 is 1. The first-order valence-corrected chi connectivity index (χ1v) is 9.62. The molecule has 1 aliphatic heterocycles. The summed E-state index contributed by atoms with van der Waals surface area (Å²) in [6.45, 7) is 4.98.